The highest BCUT2D eigenvalue weighted by molar-refractivity contribution is 6.31. The summed E-state index contributed by atoms with van der Waals surface area (Å²) in [6.07, 6.45) is 0. The number of halogens is 1. The third-order valence-electron chi connectivity index (χ3n) is 2.57. The number of benzene rings is 1. The predicted octanol–water partition coefficient (Wildman–Crippen LogP) is 2.54. The van der Waals surface area contributed by atoms with Crippen LogP contribution in [0, 0.1) is 0 Å². The largest absolute Gasteiger partial charge is 0.507 e. The Morgan fingerprint density at radius 2 is 2.17 bits per heavy atom. The number of phenolic OH excluding ortho intramolecular Hbond substituents is 1. The van der Waals surface area contributed by atoms with Crippen LogP contribution in [-0.2, 0) is 4.74 Å². The van der Waals surface area contributed by atoms with Crippen molar-refractivity contribution in [1.82, 2.24) is 4.90 Å². The van der Waals surface area contributed by atoms with Gasteiger partial charge in [-0.15, -0.1) is 0 Å². The van der Waals surface area contributed by atoms with E-state index in [0.29, 0.717) is 31.3 Å². The van der Waals surface area contributed by atoms with Gasteiger partial charge in [-0.1, -0.05) is 11.6 Å². The first kappa shape index (κ1) is 14.8. The lowest BCUT2D eigenvalue weighted by Gasteiger charge is -2.21. The van der Waals surface area contributed by atoms with E-state index < -0.39 is 0 Å². The molecule has 18 heavy (non-hydrogen) atoms. The van der Waals surface area contributed by atoms with Gasteiger partial charge in [0.1, 0.15) is 5.75 Å². The Labute approximate surface area is 112 Å². The topological polar surface area (TPSA) is 49.8 Å². The molecule has 0 atom stereocenters. The van der Waals surface area contributed by atoms with E-state index >= 15 is 0 Å². The maximum atomic E-state index is 12.2. The minimum Gasteiger partial charge on any atom is -0.507 e. The van der Waals surface area contributed by atoms with Gasteiger partial charge in [-0.25, -0.2) is 0 Å². The third kappa shape index (κ3) is 3.89. The van der Waals surface area contributed by atoms with E-state index in [1.54, 1.807) is 11.0 Å². The molecule has 0 fully saturated rings. The van der Waals surface area contributed by atoms with Crippen LogP contribution in [0.15, 0.2) is 18.2 Å². The van der Waals surface area contributed by atoms with Crippen molar-refractivity contribution in [1.29, 1.82) is 0 Å². The van der Waals surface area contributed by atoms with Crippen LogP contribution in [-0.4, -0.2) is 42.2 Å². The number of amides is 1. The molecule has 5 heteroatoms. The summed E-state index contributed by atoms with van der Waals surface area (Å²) in [5, 5.41) is 10.1. The van der Waals surface area contributed by atoms with Gasteiger partial charge in [0, 0.05) is 24.7 Å². The van der Waals surface area contributed by atoms with Gasteiger partial charge in [-0.05, 0) is 32.0 Å². The molecule has 1 rings (SSSR count). The molecule has 4 nitrogen and oxygen atoms in total. The Morgan fingerprint density at radius 1 is 1.44 bits per heavy atom. The van der Waals surface area contributed by atoms with Crippen molar-refractivity contribution >= 4 is 17.5 Å². The Bertz CT molecular complexity index is 409. The molecule has 0 aliphatic heterocycles. The highest BCUT2D eigenvalue weighted by Gasteiger charge is 2.17. The number of nitrogens with zero attached hydrogens (tertiary/aromatic N) is 1. The van der Waals surface area contributed by atoms with Crippen molar-refractivity contribution in [2.24, 2.45) is 0 Å². The van der Waals surface area contributed by atoms with Crippen molar-refractivity contribution in [2.45, 2.75) is 13.8 Å². The van der Waals surface area contributed by atoms with Crippen LogP contribution in [0.2, 0.25) is 5.02 Å². The molecule has 1 N–H and O–H groups in total. The van der Waals surface area contributed by atoms with Gasteiger partial charge in [0.2, 0.25) is 0 Å². The van der Waals surface area contributed by atoms with Crippen LogP contribution in [0.1, 0.15) is 24.2 Å². The molecular weight excluding hydrogens is 254 g/mol. The van der Waals surface area contributed by atoms with E-state index in [1.807, 2.05) is 13.8 Å². The van der Waals surface area contributed by atoms with Crippen LogP contribution >= 0.6 is 11.6 Å². The fraction of sp³-hybridized carbons (Fsp3) is 0.462. The van der Waals surface area contributed by atoms with Crippen LogP contribution in [0.3, 0.4) is 0 Å². The summed E-state index contributed by atoms with van der Waals surface area (Å²) in [6.45, 7) is 5.94. The highest BCUT2D eigenvalue weighted by atomic mass is 35.5. The molecule has 1 aromatic rings. The molecule has 0 aliphatic rings. The van der Waals surface area contributed by atoms with E-state index in [1.165, 1.54) is 12.1 Å². The van der Waals surface area contributed by atoms with Crippen LogP contribution in [0.25, 0.3) is 0 Å². The Balaban J connectivity index is 2.79. The molecule has 0 saturated heterocycles. The fourth-order valence-corrected chi connectivity index (χ4v) is 1.74. The average Bonchev–Trinajstić information content (AvgIpc) is 2.37. The molecule has 0 aliphatic carbocycles. The molecule has 0 saturated carbocycles. The van der Waals surface area contributed by atoms with Gasteiger partial charge in [0.25, 0.3) is 5.91 Å². The molecular formula is C13H18ClNO3. The van der Waals surface area contributed by atoms with E-state index in [9.17, 15) is 9.90 Å². The standard InChI is InChI=1S/C13H18ClNO3/c1-3-15(7-8-18-4-2)13(17)11-9-10(14)5-6-12(11)16/h5-6,9,16H,3-4,7-8H2,1-2H3. The van der Waals surface area contributed by atoms with Crippen molar-refractivity contribution < 1.29 is 14.6 Å². The van der Waals surface area contributed by atoms with Gasteiger partial charge in [-0.3, -0.25) is 4.79 Å². The number of hydrogen-bond donors (Lipinski definition) is 1. The van der Waals surface area contributed by atoms with Gasteiger partial charge in [0.15, 0.2) is 0 Å². The average molecular weight is 272 g/mol. The summed E-state index contributed by atoms with van der Waals surface area (Å²) >= 11 is 5.83. The van der Waals surface area contributed by atoms with Gasteiger partial charge in [0.05, 0.1) is 12.2 Å². The van der Waals surface area contributed by atoms with E-state index in [2.05, 4.69) is 0 Å². The zero-order valence-corrected chi connectivity index (χ0v) is 11.4. The molecule has 1 aromatic carbocycles. The number of likely N-dealkylation sites (N-methyl/N-ethyl adjacent to an activating group) is 1. The van der Waals surface area contributed by atoms with Crippen LogP contribution in [0.4, 0.5) is 0 Å². The summed E-state index contributed by atoms with van der Waals surface area (Å²) in [7, 11) is 0. The molecule has 0 heterocycles. The van der Waals surface area contributed by atoms with E-state index in [4.69, 9.17) is 16.3 Å². The highest BCUT2D eigenvalue weighted by Crippen LogP contribution is 2.22. The van der Waals surface area contributed by atoms with Crippen molar-refractivity contribution in [3.63, 3.8) is 0 Å². The predicted molar refractivity (Wildman–Crippen MR) is 71.2 cm³/mol. The molecule has 0 radical (unpaired) electrons. The van der Waals surface area contributed by atoms with Crippen molar-refractivity contribution in [3.8, 4) is 5.75 Å². The van der Waals surface area contributed by atoms with Crippen LogP contribution < -0.4 is 0 Å². The Morgan fingerprint density at radius 3 is 2.78 bits per heavy atom. The monoisotopic (exact) mass is 271 g/mol. The minimum atomic E-state index is -0.239. The first-order valence-electron chi connectivity index (χ1n) is 5.95. The first-order valence-corrected chi connectivity index (χ1v) is 6.33. The van der Waals surface area contributed by atoms with Crippen LogP contribution in [0.5, 0.6) is 5.75 Å². The first-order chi connectivity index (χ1) is 8.60. The molecule has 0 spiro atoms. The van der Waals surface area contributed by atoms with E-state index in [-0.39, 0.29) is 17.2 Å². The summed E-state index contributed by atoms with van der Waals surface area (Å²) in [5.41, 5.74) is 0.223. The number of rotatable bonds is 6. The second kappa shape index (κ2) is 7.24. The summed E-state index contributed by atoms with van der Waals surface area (Å²) < 4.78 is 5.22. The van der Waals surface area contributed by atoms with Gasteiger partial charge in [-0.2, -0.15) is 0 Å². The maximum absolute atomic E-state index is 12.2. The lowest BCUT2D eigenvalue weighted by molar-refractivity contribution is 0.0666. The lowest BCUT2D eigenvalue weighted by Crippen LogP contribution is -2.33. The second-order valence-electron chi connectivity index (χ2n) is 3.74. The summed E-state index contributed by atoms with van der Waals surface area (Å²) in [6, 6.07) is 4.44. The molecule has 1 amide bonds. The van der Waals surface area contributed by atoms with Gasteiger partial charge >= 0.3 is 0 Å². The minimum absolute atomic E-state index is 0.0562. The van der Waals surface area contributed by atoms with Gasteiger partial charge < -0.3 is 14.7 Å². The quantitative estimate of drug-likeness (QED) is 0.809. The Kier molecular flexibility index (Phi) is 5.95. The SMILES string of the molecule is CCOCCN(CC)C(=O)c1cc(Cl)ccc1O. The smallest absolute Gasteiger partial charge is 0.257 e. The number of ether oxygens (including phenoxy) is 1. The lowest BCUT2D eigenvalue weighted by atomic mass is 10.1. The number of aromatic hydroxyl groups is 1. The normalized spacial score (nSPS) is 10.4. The molecule has 100 valence electrons. The molecule has 0 bridgehead atoms. The van der Waals surface area contributed by atoms with Crippen molar-refractivity contribution in [2.75, 3.05) is 26.3 Å². The number of phenols is 1. The second-order valence-corrected chi connectivity index (χ2v) is 4.18. The molecule has 0 aromatic heterocycles. The summed E-state index contributed by atoms with van der Waals surface area (Å²) in [5.74, 6) is -0.295. The third-order valence-corrected chi connectivity index (χ3v) is 2.80. The number of carbonyl (C=O) groups excluding carboxylic acids is 1. The maximum Gasteiger partial charge on any atom is 0.257 e. The summed E-state index contributed by atoms with van der Waals surface area (Å²) in [4.78, 5) is 13.8. The van der Waals surface area contributed by atoms with Crippen molar-refractivity contribution in [3.05, 3.63) is 28.8 Å². The van der Waals surface area contributed by atoms with E-state index in [0.717, 1.165) is 0 Å². The number of hydrogen-bond acceptors (Lipinski definition) is 3. The fourth-order valence-electron chi connectivity index (χ4n) is 1.57. The Hall–Kier alpha value is -1.26. The zero-order chi connectivity index (χ0) is 13.5. The number of carbonyl (C=O) groups is 1. The molecule has 0 unspecified atom stereocenters. The zero-order valence-electron chi connectivity index (χ0n) is 10.6.